The zero-order valence-corrected chi connectivity index (χ0v) is 9.86. The van der Waals surface area contributed by atoms with Gasteiger partial charge in [0.15, 0.2) is 18.3 Å². The van der Waals surface area contributed by atoms with Crippen molar-refractivity contribution in [1.82, 2.24) is 4.90 Å². The lowest BCUT2D eigenvalue weighted by atomic mass is 10.1. The summed E-state index contributed by atoms with van der Waals surface area (Å²) in [7, 11) is 0. The molecule has 3 aliphatic rings. The van der Waals surface area contributed by atoms with E-state index in [1.165, 1.54) is 11.2 Å². The van der Waals surface area contributed by atoms with Gasteiger partial charge in [0.2, 0.25) is 0 Å². The van der Waals surface area contributed by atoms with Crippen LogP contribution < -0.4 is 0 Å². The van der Waals surface area contributed by atoms with Crippen molar-refractivity contribution in [3.63, 3.8) is 0 Å². The fourth-order valence-electron chi connectivity index (χ4n) is 2.33. The van der Waals surface area contributed by atoms with Crippen LogP contribution >= 0.6 is 0 Å². The molecule has 9 heteroatoms. The van der Waals surface area contributed by atoms with Crippen LogP contribution in [0.15, 0.2) is 15.0 Å². The number of hydrogen-bond donors (Lipinski definition) is 4. The largest absolute Gasteiger partial charge is 0.394 e. The van der Waals surface area contributed by atoms with Crippen molar-refractivity contribution < 1.29 is 25.2 Å². The second-order valence-electron chi connectivity index (χ2n) is 4.47. The van der Waals surface area contributed by atoms with Crippen LogP contribution in [-0.4, -0.2) is 87.3 Å². The first-order chi connectivity index (χ1) is 9.13. The van der Waals surface area contributed by atoms with E-state index in [1.54, 1.807) is 0 Å². The van der Waals surface area contributed by atoms with Gasteiger partial charge in [-0.05, 0) is 0 Å². The van der Waals surface area contributed by atoms with E-state index in [9.17, 15) is 15.3 Å². The molecule has 4 N–H and O–H groups in total. The highest BCUT2D eigenvalue weighted by Gasteiger charge is 2.48. The standard InChI is InChI=1S/C10H14N4O5/c15-1-4-6(16)7(17)10(19-4)14-3-13-5-8(14)11-2-12-9(5)18/h2,4,6-7,9-10,15-18H,1,3H2/t4-,6-,7-,9+,10-/m1/s1. The molecule has 0 saturated carbocycles. The third-order valence-electron chi connectivity index (χ3n) is 3.35. The fourth-order valence-corrected chi connectivity index (χ4v) is 2.33. The van der Waals surface area contributed by atoms with Crippen molar-refractivity contribution in [2.24, 2.45) is 15.0 Å². The minimum absolute atomic E-state index is 0.140. The van der Waals surface area contributed by atoms with E-state index in [1.807, 2.05) is 0 Å². The van der Waals surface area contributed by atoms with Crippen LogP contribution in [0.25, 0.3) is 0 Å². The Morgan fingerprint density at radius 1 is 1.32 bits per heavy atom. The second-order valence-corrected chi connectivity index (χ2v) is 4.47. The topological polar surface area (TPSA) is 130 Å². The molecular formula is C10H14N4O5. The van der Waals surface area contributed by atoms with E-state index < -0.39 is 37.4 Å². The highest BCUT2D eigenvalue weighted by molar-refractivity contribution is 6.45. The minimum Gasteiger partial charge on any atom is -0.394 e. The Balaban J connectivity index is 1.82. The van der Waals surface area contributed by atoms with E-state index in [2.05, 4.69) is 15.0 Å². The minimum atomic E-state index is -1.19. The van der Waals surface area contributed by atoms with Crippen LogP contribution in [0.5, 0.6) is 0 Å². The SMILES string of the molecule is OC[C@H]1O[C@@H](N2CN=C3C2=NC=N[C@H]3O)[C@H](O)[C@@H]1O. The molecule has 9 nitrogen and oxygen atoms in total. The summed E-state index contributed by atoms with van der Waals surface area (Å²) in [6, 6.07) is 0. The Morgan fingerprint density at radius 2 is 2.11 bits per heavy atom. The van der Waals surface area contributed by atoms with E-state index in [-0.39, 0.29) is 6.67 Å². The molecule has 1 fully saturated rings. The van der Waals surface area contributed by atoms with Crippen molar-refractivity contribution in [3.05, 3.63) is 0 Å². The van der Waals surface area contributed by atoms with E-state index in [0.29, 0.717) is 11.5 Å². The Hall–Kier alpha value is -1.39. The van der Waals surface area contributed by atoms with Gasteiger partial charge < -0.3 is 30.1 Å². The Kier molecular flexibility index (Phi) is 3.07. The molecule has 19 heavy (non-hydrogen) atoms. The number of aliphatic imine (C=N–C) groups is 3. The zero-order valence-electron chi connectivity index (χ0n) is 9.86. The molecule has 3 aliphatic heterocycles. The van der Waals surface area contributed by atoms with Crippen LogP contribution in [0.1, 0.15) is 0 Å². The number of rotatable bonds is 2. The summed E-state index contributed by atoms with van der Waals surface area (Å²) in [5, 5.41) is 38.3. The number of amidine groups is 1. The summed E-state index contributed by atoms with van der Waals surface area (Å²) in [6.45, 7) is -0.256. The molecule has 3 rings (SSSR count). The third kappa shape index (κ3) is 1.86. The van der Waals surface area contributed by atoms with Crippen LogP contribution in [0.3, 0.4) is 0 Å². The van der Waals surface area contributed by atoms with Gasteiger partial charge in [0.05, 0.1) is 6.61 Å². The Bertz CT molecular complexity index is 465. The molecule has 0 spiro atoms. The van der Waals surface area contributed by atoms with Crippen LogP contribution in [0.4, 0.5) is 0 Å². The summed E-state index contributed by atoms with van der Waals surface area (Å²) in [6.07, 6.45) is -3.96. The first-order valence-electron chi connectivity index (χ1n) is 5.85. The summed E-state index contributed by atoms with van der Waals surface area (Å²) < 4.78 is 5.40. The first kappa shape index (κ1) is 12.6. The molecule has 0 aromatic rings. The lowest BCUT2D eigenvalue weighted by molar-refractivity contribution is -0.0688. The predicted octanol–water partition coefficient (Wildman–Crippen LogP) is -3.10. The summed E-state index contributed by atoms with van der Waals surface area (Å²) >= 11 is 0. The average molecular weight is 270 g/mol. The molecule has 0 bridgehead atoms. The highest BCUT2D eigenvalue weighted by Crippen LogP contribution is 2.27. The maximum Gasteiger partial charge on any atom is 0.193 e. The molecule has 1 saturated heterocycles. The lowest BCUT2D eigenvalue weighted by Crippen LogP contribution is -2.48. The molecule has 0 aromatic heterocycles. The maximum atomic E-state index is 9.95. The van der Waals surface area contributed by atoms with Crippen molar-refractivity contribution in [3.8, 4) is 0 Å². The van der Waals surface area contributed by atoms with Crippen LogP contribution in [0, 0.1) is 0 Å². The van der Waals surface area contributed by atoms with E-state index >= 15 is 0 Å². The van der Waals surface area contributed by atoms with E-state index in [0.717, 1.165) is 0 Å². The number of aliphatic hydroxyl groups excluding tert-OH is 4. The molecule has 0 unspecified atom stereocenters. The number of fused-ring (bicyclic) bond motifs is 1. The van der Waals surface area contributed by atoms with Crippen molar-refractivity contribution in [2.45, 2.75) is 30.8 Å². The molecule has 0 amide bonds. The van der Waals surface area contributed by atoms with Crippen molar-refractivity contribution >= 4 is 17.9 Å². The van der Waals surface area contributed by atoms with Crippen LogP contribution in [0.2, 0.25) is 0 Å². The lowest BCUT2D eigenvalue weighted by Gasteiger charge is -2.28. The molecule has 0 aromatic carbocycles. The average Bonchev–Trinajstić information content (AvgIpc) is 2.94. The van der Waals surface area contributed by atoms with Crippen molar-refractivity contribution in [2.75, 3.05) is 13.3 Å². The summed E-state index contributed by atoms with van der Waals surface area (Å²) in [5.74, 6) is 0.359. The van der Waals surface area contributed by atoms with Gasteiger partial charge in [0.1, 0.15) is 37.0 Å². The first-order valence-corrected chi connectivity index (χ1v) is 5.85. The summed E-state index contributed by atoms with van der Waals surface area (Å²) in [5.41, 5.74) is 0.306. The quantitative estimate of drug-likeness (QED) is 0.420. The molecule has 3 heterocycles. The van der Waals surface area contributed by atoms with Gasteiger partial charge in [0, 0.05) is 0 Å². The Labute approximate surface area is 108 Å². The maximum absolute atomic E-state index is 9.95. The molecular weight excluding hydrogens is 256 g/mol. The molecule has 0 radical (unpaired) electrons. The van der Waals surface area contributed by atoms with Gasteiger partial charge in [-0.2, -0.15) is 0 Å². The number of hydrogen-bond acceptors (Lipinski definition) is 9. The van der Waals surface area contributed by atoms with Gasteiger partial charge in [0.25, 0.3) is 0 Å². The fraction of sp³-hybridized carbons (Fsp3) is 0.700. The van der Waals surface area contributed by atoms with E-state index in [4.69, 9.17) is 9.84 Å². The second kappa shape index (κ2) is 4.62. The van der Waals surface area contributed by atoms with Gasteiger partial charge in [-0.1, -0.05) is 0 Å². The zero-order chi connectivity index (χ0) is 13.6. The van der Waals surface area contributed by atoms with Gasteiger partial charge in [-0.15, -0.1) is 0 Å². The van der Waals surface area contributed by atoms with Gasteiger partial charge >= 0.3 is 0 Å². The molecule has 5 atom stereocenters. The third-order valence-corrected chi connectivity index (χ3v) is 3.35. The normalized spacial score (nSPS) is 41.3. The van der Waals surface area contributed by atoms with Crippen molar-refractivity contribution in [1.29, 1.82) is 0 Å². The molecule has 104 valence electrons. The predicted molar refractivity (Wildman–Crippen MR) is 63.8 cm³/mol. The number of aliphatic hydroxyl groups is 4. The molecule has 0 aliphatic carbocycles. The monoisotopic (exact) mass is 270 g/mol. The summed E-state index contributed by atoms with van der Waals surface area (Å²) in [4.78, 5) is 13.3. The van der Waals surface area contributed by atoms with Gasteiger partial charge in [-0.25, -0.2) is 9.98 Å². The number of nitrogens with zero attached hydrogens (tertiary/aromatic N) is 4. The van der Waals surface area contributed by atoms with Crippen LogP contribution in [-0.2, 0) is 4.74 Å². The smallest absolute Gasteiger partial charge is 0.193 e. The number of ether oxygens (including phenoxy) is 1. The Morgan fingerprint density at radius 3 is 2.79 bits per heavy atom. The van der Waals surface area contributed by atoms with Gasteiger partial charge in [-0.3, -0.25) is 4.99 Å². The highest BCUT2D eigenvalue weighted by atomic mass is 16.6.